The van der Waals surface area contributed by atoms with E-state index >= 15 is 0 Å². The van der Waals surface area contributed by atoms with Crippen molar-refractivity contribution in [2.75, 3.05) is 39.6 Å². The highest BCUT2D eigenvalue weighted by Gasteiger charge is 2.30. The van der Waals surface area contributed by atoms with E-state index in [0.717, 1.165) is 180 Å². The summed E-state index contributed by atoms with van der Waals surface area (Å²) in [4.78, 5) is 73.1. The van der Waals surface area contributed by atoms with Crippen molar-refractivity contribution in [3.63, 3.8) is 0 Å². The fourth-order valence-electron chi connectivity index (χ4n) is 10.1. The van der Waals surface area contributed by atoms with Crippen LogP contribution in [0.3, 0.4) is 0 Å². The summed E-state index contributed by atoms with van der Waals surface area (Å²) in [6.45, 7) is 4.26. The molecule has 5 unspecified atom stereocenters. The van der Waals surface area contributed by atoms with Crippen molar-refractivity contribution in [2.45, 2.75) is 303 Å². The maximum absolute atomic E-state index is 13.1. The summed E-state index contributed by atoms with van der Waals surface area (Å²) >= 11 is 0. The van der Waals surface area contributed by atoms with E-state index in [1.165, 1.54) is 19.3 Å². The molecule has 17 nitrogen and oxygen atoms in total. The Kier molecular flexibility index (Phi) is 76.0. The van der Waals surface area contributed by atoms with Gasteiger partial charge < -0.3 is 33.8 Å². The van der Waals surface area contributed by atoms with E-state index in [4.69, 9.17) is 37.0 Å². The number of rotatable bonds is 75. The number of carbonyl (C=O) groups excluding carboxylic acids is 4. The minimum absolute atomic E-state index is 0.0233. The van der Waals surface area contributed by atoms with Crippen LogP contribution in [0.1, 0.15) is 285 Å². The first-order valence-corrected chi connectivity index (χ1v) is 44.3. The number of esters is 4. The Labute approximate surface area is 665 Å². The molecule has 19 heteroatoms. The Morgan fingerprint density at radius 2 is 0.527 bits per heavy atom. The average molecular weight is 1570 g/mol. The zero-order chi connectivity index (χ0) is 80.3. The lowest BCUT2D eigenvalue weighted by molar-refractivity contribution is -0.161. The number of unbranched alkanes of at least 4 members (excludes halogenated alkanes) is 16. The van der Waals surface area contributed by atoms with Gasteiger partial charge >= 0.3 is 39.5 Å². The maximum atomic E-state index is 13.1. The molecule has 0 saturated heterocycles. The highest BCUT2D eigenvalue weighted by atomic mass is 31.2. The highest BCUT2D eigenvalue weighted by Crippen LogP contribution is 2.45. The molecule has 0 saturated carbocycles. The summed E-state index contributed by atoms with van der Waals surface area (Å²) < 4.78 is 68.5. The normalized spacial score (nSPS) is 14.9. The third kappa shape index (κ3) is 79.7. The molecule has 0 fully saturated rings. The van der Waals surface area contributed by atoms with E-state index in [9.17, 15) is 43.2 Å². The summed E-state index contributed by atoms with van der Waals surface area (Å²) in [7, 11) is -10.0. The van der Waals surface area contributed by atoms with E-state index in [0.29, 0.717) is 32.1 Å². The van der Waals surface area contributed by atoms with E-state index in [2.05, 4.69) is 192 Å². The fraction of sp³-hybridized carbons (Fsp3) is 0.582. The lowest BCUT2D eigenvalue weighted by Gasteiger charge is -2.21. The molecule has 5 atom stereocenters. The zero-order valence-electron chi connectivity index (χ0n) is 67.8. The van der Waals surface area contributed by atoms with Crippen LogP contribution in [0.25, 0.3) is 0 Å². The molecule has 0 aromatic rings. The van der Waals surface area contributed by atoms with Crippen LogP contribution in [-0.2, 0) is 65.4 Å². The minimum Gasteiger partial charge on any atom is -0.462 e. The molecule has 0 amide bonds. The predicted molar refractivity (Wildman–Crippen MR) is 454 cm³/mol. The Bertz CT molecular complexity index is 2900. The van der Waals surface area contributed by atoms with Crippen molar-refractivity contribution in [3.05, 3.63) is 207 Å². The molecule has 0 rings (SSSR count). The second kappa shape index (κ2) is 80.7. The van der Waals surface area contributed by atoms with Crippen LogP contribution in [0, 0.1) is 0 Å². The summed E-state index contributed by atoms with van der Waals surface area (Å²) in [5.74, 6) is -2.47. The second-order valence-electron chi connectivity index (χ2n) is 26.6. The molecule has 0 radical (unpaired) electrons. The highest BCUT2D eigenvalue weighted by molar-refractivity contribution is 7.47. The van der Waals surface area contributed by atoms with Crippen molar-refractivity contribution < 1.29 is 80.2 Å². The number of ether oxygens (including phenoxy) is 4. The molecule has 0 aliphatic heterocycles. The molecular formula is C91H144O17P2. The Morgan fingerprint density at radius 1 is 0.273 bits per heavy atom. The first-order chi connectivity index (χ1) is 53.7. The third-order valence-electron chi connectivity index (χ3n) is 16.3. The number of carbonyl (C=O) groups is 4. The summed E-state index contributed by atoms with van der Waals surface area (Å²) in [6.07, 6.45) is 101. The van der Waals surface area contributed by atoms with Crippen LogP contribution in [0.4, 0.5) is 0 Å². The monoisotopic (exact) mass is 1570 g/mol. The number of aliphatic hydroxyl groups is 1. The van der Waals surface area contributed by atoms with Gasteiger partial charge in [0.15, 0.2) is 12.2 Å². The molecule has 0 aromatic heterocycles. The summed E-state index contributed by atoms with van der Waals surface area (Å²) in [5.41, 5.74) is 0. The standard InChI is InChI=1S/C91H144O17P2/c1-5-9-13-17-21-25-29-33-37-40-42-45-48-51-55-59-63-67-71-75-88(93)101-81-86(107-90(95)77-73-69-65-61-57-53-47-36-32-28-24-20-16-12-8-4)83-105-109(97,98)103-79-85(92)80-104-110(99,100)106-84-87(108-91(96)78-74-70-66-62-58-54-50-44-39-35-31-27-23-19-15-11-7-3)82-102-89(94)76-72-68-64-60-56-52-49-46-43-41-38-34-30-26-22-18-14-10-6-2/h10-12,14-16,21-28,33-39,42-43,45-47,52,56-57,61,64,68-69,73,85-87,92H,5-9,13,17-20,29-32,40-41,44,48-51,53-55,58-60,62-63,65-67,70-72,74-84H2,1-4H3,(H,97,98)(H,99,100)/b14-10-,15-11-,16-12-,25-21-,26-22-,27-23-,28-24-,37-33-,38-34-,39-35-,45-42-,46-43-,47-36-,56-52-,61-57-,68-64-,73-69-. The lowest BCUT2D eigenvalue weighted by Crippen LogP contribution is -2.30. The van der Waals surface area contributed by atoms with Crippen LogP contribution >= 0.6 is 15.6 Å². The van der Waals surface area contributed by atoms with Crippen molar-refractivity contribution in [3.8, 4) is 0 Å². The minimum atomic E-state index is -5.02. The molecule has 620 valence electrons. The number of aliphatic hydroxyl groups excluding tert-OH is 1. The lowest BCUT2D eigenvalue weighted by atomic mass is 10.1. The third-order valence-corrected chi connectivity index (χ3v) is 18.2. The summed E-state index contributed by atoms with van der Waals surface area (Å²) in [6, 6.07) is 0. The van der Waals surface area contributed by atoms with Crippen molar-refractivity contribution in [2.24, 2.45) is 0 Å². The average Bonchev–Trinajstić information content (AvgIpc) is 0.906. The first-order valence-electron chi connectivity index (χ1n) is 41.3. The van der Waals surface area contributed by atoms with Gasteiger partial charge in [0.05, 0.1) is 32.8 Å². The molecule has 0 heterocycles. The molecule has 110 heavy (non-hydrogen) atoms. The topological polar surface area (TPSA) is 237 Å². The zero-order valence-corrected chi connectivity index (χ0v) is 69.6. The predicted octanol–water partition coefficient (Wildman–Crippen LogP) is 24.7. The fourth-order valence-corrected chi connectivity index (χ4v) is 11.7. The van der Waals surface area contributed by atoms with E-state index in [1.807, 2.05) is 30.4 Å². The van der Waals surface area contributed by atoms with E-state index in [1.54, 1.807) is 12.2 Å². The molecule has 0 spiro atoms. The molecule has 0 aliphatic rings. The van der Waals surface area contributed by atoms with Crippen LogP contribution < -0.4 is 0 Å². The SMILES string of the molecule is CC/C=C\C/C=C\C/C=C\C/C=C\C/C=C\C/C=C\CCC(=O)OCC(COP(=O)(O)OCC(O)COP(=O)(O)OCC(COC(=O)CCCCCCCC/C=C\C/C=C\C/C=C\CCCCC)OC(=O)C/C=C\C/C=C\C/C=C\C/C=C\C/C=C\CC)OC(=O)CCCCCCCCC/C=C\C/C=C\C/C=C\CC. The molecule has 3 N–H and O–H groups in total. The number of hydrogen-bond donors (Lipinski definition) is 3. The van der Waals surface area contributed by atoms with E-state index < -0.39 is 97.5 Å². The van der Waals surface area contributed by atoms with Gasteiger partial charge in [-0.3, -0.25) is 37.3 Å². The Morgan fingerprint density at radius 3 is 0.864 bits per heavy atom. The summed E-state index contributed by atoms with van der Waals surface area (Å²) in [5, 5.41) is 10.7. The maximum Gasteiger partial charge on any atom is 0.472 e. The van der Waals surface area contributed by atoms with Crippen molar-refractivity contribution in [1.82, 2.24) is 0 Å². The second-order valence-corrected chi connectivity index (χ2v) is 29.5. The van der Waals surface area contributed by atoms with Crippen LogP contribution in [0.5, 0.6) is 0 Å². The van der Waals surface area contributed by atoms with Gasteiger partial charge in [0.2, 0.25) is 0 Å². The number of hydrogen-bond acceptors (Lipinski definition) is 15. The molecule has 0 aliphatic carbocycles. The van der Waals surface area contributed by atoms with Gasteiger partial charge in [0.1, 0.15) is 19.3 Å². The van der Waals surface area contributed by atoms with Crippen molar-refractivity contribution in [1.29, 1.82) is 0 Å². The van der Waals surface area contributed by atoms with Crippen LogP contribution in [0.2, 0.25) is 0 Å². The largest absolute Gasteiger partial charge is 0.472 e. The van der Waals surface area contributed by atoms with Gasteiger partial charge in [-0.2, -0.15) is 0 Å². The van der Waals surface area contributed by atoms with Crippen molar-refractivity contribution >= 4 is 39.5 Å². The van der Waals surface area contributed by atoms with Gasteiger partial charge in [-0.15, -0.1) is 0 Å². The smallest absolute Gasteiger partial charge is 0.462 e. The first kappa shape index (κ1) is 104. The number of phosphoric ester groups is 2. The van der Waals surface area contributed by atoms with Gasteiger partial charge in [0, 0.05) is 19.3 Å². The quantitative estimate of drug-likeness (QED) is 0.0169. The van der Waals surface area contributed by atoms with Gasteiger partial charge in [-0.25, -0.2) is 9.13 Å². The Hall–Kier alpha value is -6.36. The van der Waals surface area contributed by atoms with Gasteiger partial charge in [-0.05, 0) is 161 Å². The molecule has 0 bridgehead atoms. The number of allylic oxidation sites excluding steroid dienone is 33. The molecule has 0 aromatic carbocycles. The molecular weight excluding hydrogens is 1430 g/mol. The Balaban J connectivity index is 5.54. The van der Waals surface area contributed by atoms with E-state index in [-0.39, 0.29) is 25.7 Å². The number of phosphoric acid groups is 2. The van der Waals surface area contributed by atoms with Crippen LogP contribution in [-0.4, -0.2) is 96.7 Å². The van der Waals surface area contributed by atoms with Gasteiger partial charge in [0.25, 0.3) is 0 Å². The van der Waals surface area contributed by atoms with Crippen LogP contribution in [0.15, 0.2) is 207 Å². The van der Waals surface area contributed by atoms with Gasteiger partial charge in [-0.1, -0.05) is 305 Å².